The Morgan fingerprint density at radius 2 is 1.76 bits per heavy atom. The van der Waals surface area contributed by atoms with Gasteiger partial charge in [-0.3, -0.25) is 0 Å². The van der Waals surface area contributed by atoms with Crippen molar-refractivity contribution in [1.29, 1.82) is 0 Å². The van der Waals surface area contributed by atoms with Gasteiger partial charge in [0.25, 0.3) is 0 Å². The summed E-state index contributed by atoms with van der Waals surface area (Å²) in [6.45, 7) is 1.90. The Balaban J connectivity index is 1.92. The third kappa shape index (κ3) is 5.53. The Bertz CT molecular complexity index is 745. The molecule has 6 heteroatoms. The van der Waals surface area contributed by atoms with Crippen LogP contribution in [0.15, 0.2) is 53.1 Å². The van der Waals surface area contributed by atoms with E-state index in [1.54, 1.807) is 20.4 Å². The van der Waals surface area contributed by atoms with Crippen LogP contribution in [0.4, 0.5) is 4.79 Å². The van der Waals surface area contributed by atoms with E-state index >= 15 is 0 Å². The number of ether oxygens (including phenoxy) is 2. The molecule has 0 saturated heterocycles. The highest BCUT2D eigenvalue weighted by molar-refractivity contribution is 9.10. The van der Waals surface area contributed by atoms with E-state index in [-0.39, 0.29) is 12.1 Å². The van der Waals surface area contributed by atoms with Gasteiger partial charge in [-0.2, -0.15) is 0 Å². The molecular weight excluding hydrogens is 384 g/mol. The summed E-state index contributed by atoms with van der Waals surface area (Å²) in [5.41, 5.74) is 1.92. The van der Waals surface area contributed by atoms with Crippen LogP contribution in [-0.2, 0) is 0 Å². The summed E-state index contributed by atoms with van der Waals surface area (Å²) < 4.78 is 11.5. The molecule has 0 aliphatic heterocycles. The van der Waals surface area contributed by atoms with Gasteiger partial charge in [0.05, 0.1) is 20.3 Å². The van der Waals surface area contributed by atoms with E-state index < -0.39 is 0 Å². The van der Waals surface area contributed by atoms with Crippen molar-refractivity contribution in [2.45, 2.75) is 13.0 Å². The first-order valence-corrected chi connectivity index (χ1v) is 8.54. The summed E-state index contributed by atoms with van der Waals surface area (Å²) in [4.78, 5) is 12.0. The van der Waals surface area contributed by atoms with Gasteiger partial charge in [-0.15, -0.1) is 0 Å². The SMILES string of the molecule is COc1ccc(C(C)NC(=O)N/C=C/c2ccc(Br)cc2)cc1OC. The second kappa shape index (κ2) is 9.13. The van der Waals surface area contributed by atoms with E-state index in [1.807, 2.05) is 55.5 Å². The van der Waals surface area contributed by atoms with E-state index in [2.05, 4.69) is 26.6 Å². The number of amides is 2. The van der Waals surface area contributed by atoms with E-state index in [0.717, 1.165) is 15.6 Å². The van der Waals surface area contributed by atoms with Crippen LogP contribution in [0.3, 0.4) is 0 Å². The molecule has 1 atom stereocenters. The number of urea groups is 1. The number of carbonyl (C=O) groups is 1. The van der Waals surface area contributed by atoms with Crippen LogP contribution in [0.1, 0.15) is 24.1 Å². The molecule has 0 radical (unpaired) electrons. The number of nitrogens with one attached hydrogen (secondary N) is 2. The Hall–Kier alpha value is -2.47. The van der Waals surface area contributed by atoms with Gasteiger partial charge in [-0.1, -0.05) is 34.1 Å². The maximum Gasteiger partial charge on any atom is 0.319 e. The molecule has 0 spiro atoms. The number of hydrogen-bond donors (Lipinski definition) is 2. The minimum Gasteiger partial charge on any atom is -0.493 e. The number of carbonyl (C=O) groups excluding carboxylic acids is 1. The second-order valence-electron chi connectivity index (χ2n) is 5.34. The topological polar surface area (TPSA) is 59.6 Å². The van der Waals surface area contributed by atoms with Crippen molar-refractivity contribution >= 4 is 28.0 Å². The first-order chi connectivity index (χ1) is 12.0. The number of rotatable bonds is 6. The Labute approximate surface area is 156 Å². The van der Waals surface area contributed by atoms with Crippen LogP contribution in [0.25, 0.3) is 6.08 Å². The Morgan fingerprint density at radius 3 is 2.40 bits per heavy atom. The minimum absolute atomic E-state index is 0.180. The van der Waals surface area contributed by atoms with Crippen molar-refractivity contribution < 1.29 is 14.3 Å². The standard InChI is InChI=1S/C19H21BrN2O3/c1-13(15-6-9-17(24-2)18(12-15)25-3)22-19(23)21-11-10-14-4-7-16(20)8-5-14/h4-13H,1-3H3,(H2,21,22,23)/b11-10+. The van der Waals surface area contributed by atoms with Crippen molar-refractivity contribution in [3.63, 3.8) is 0 Å². The van der Waals surface area contributed by atoms with Crippen LogP contribution in [0.5, 0.6) is 11.5 Å². The molecule has 1 unspecified atom stereocenters. The molecule has 2 N–H and O–H groups in total. The lowest BCUT2D eigenvalue weighted by Gasteiger charge is -2.16. The van der Waals surface area contributed by atoms with Crippen LogP contribution in [0, 0.1) is 0 Å². The predicted octanol–water partition coefficient (Wildman–Crippen LogP) is 4.50. The zero-order valence-electron chi connectivity index (χ0n) is 14.4. The van der Waals surface area contributed by atoms with Gasteiger partial charge in [0, 0.05) is 10.7 Å². The highest BCUT2D eigenvalue weighted by Crippen LogP contribution is 2.29. The van der Waals surface area contributed by atoms with Gasteiger partial charge < -0.3 is 20.1 Å². The average Bonchev–Trinajstić information content (AvgIpc) is 2.62. The van der Waals surface area contributed by atoms with Crippen molar-refractivity contribution in [2.24, 2.45) is 0 Å². The maximum absolute atomic E-state index is 12.0. The van der Waals surface area contributed by atoms with Crippen molar-refractivity contribution in [3.05, 3.63) is 64.3 Å². The molecule has 0 aromatic heterocycles. The molecule has 132 valence electrons. The zero-order chi connectivity index (χ0) is 18.2. The summed E-state index contributed by atoms with van der Waals surface area (Å²) in [7, 11) is 3.17. The Morgan fingerprint density at radius 1 is 1.08 bits per heavy atom. The smallest absolute Gasteiger partial charge is 0.319 e. The average molecular weight is 405 g/mol. The van der Waals surface area contributed by atoms with E-state index in [9.17, 15) is 4.79 Å². The summed E-state index contributed by atoms with van der Waals surface area (Å²) in [6, 6.07) is 12.9. The summed E-state index contributed by atoms with van der Waals surface area (Å²) >= 11 is 3.38. The van der Waals surface area contributed by atoms with Crippen molar-refractivity contribution in [1.82, 2.24) is 10.6 Å². The zero-order valence-corrected chi connectivity index (χ0v) is 16.0. The number of halogens is 1. The molecule has 0 heterocycles. The van der Waals surface area contributed by atoms with Gasteiger partial charge in [-0.25, -0.2) is 4.79 Å². The molecule has 0 aliphatic carbocycles. The first kappa shape index (κ1) is 18.9. The molecule has 5 nitrogen and oxygen atoms in total. The largest absolute Gasteiger partial charge is 0.493 e. The lowest BCUT2D eigenvalue weighted by Crippen LogP contribution is -2.34. The lowest BCUT2D eigenvalue weighted by atomic mass is 10.1. The maximum atomic E-state index is 12.0. The fraction of sp³-hybridized carbons (Fsp3) is 0.211. The van der Waals surface area contributed by atoms with Crippen LogP contribution >= 0.6 is 15.9 Å². The molecule has 0 aliphatic rings. The fourth-order valence-corrected chi connectivity index (χ4v) is 2.50. The second-order valence-corrected chi connectivity index (χ2v) is 6.25. The molecule has 2 aromatic rings. The highest BCUT2D eigenvalue weighted by Gasteiger charge is 2.12. The van der Waals surface area contributed by atoms with Gasteiger partial charge in [0.15, 0.2) is 11.5 Å². The van der Waals surface area contributed by atoms with Gasteiger partial charge in [0.2, 0.25) is 0 Å². The van der Waals surface area contributed by atoms with Gasteiger partial charge in [-0.05, 0) is 48.4 Å². The number of hydrogen-bond acceptors (Lipinski definition) is 3. The van der Waals surface area contributed by atoms with E-state index in [0.29, 0.717) is 11.5 Å². The summed E-state index contributed by atoms with van der Waals surface area (Å²) in [5, 5.41) is 5.57. The van der Waals surface area contributed by atoms with Gasteiger partial charge >= 0.3 is 6.03 Å². The molecular formula is C19H21BrN2O3. The van der Waals surface area contributed by atoms with E-state index in [4.69, 9.17) is 9.47 Å². The van der Waals surface area contributed by atoms with Crippen molar-refractivity contribution in [3.8, 4) is 11.5 Å². The molecule has 2 rings (SSSR count). The van der Waals surface area contributed by atoms with Gasteiger partial charge in [0.1, 0.15) is 0 Å². The monoisotopic (exact) mass is 404 g/mol. The minimum atomic E-state index is -0.282. The molecule has 25 heavy (non-hydrogen) atoms. The normalized spacial score (nSPS) is 11.8. The first-order valence-electron chi connectivity index (χ1n) is 7.74. The molecule has 2 aromatic carbocycles. The summed E-state index contributed by atoms with van der Waals surface area (Å²) in [6.07, 6.45) is 3.44. The fourth-order valence-electron chi connectivity index (χ4n) is 2.23. The number of methoxy groups -OCH3 is 2. The highest BCUT2D eigenvalue weighted by atomic mass is 79.9. The molecule has 0 fully saturated rings. The lowest BCUT2D eigenvalue weighted by molar-refractivity contribution is 0.241. The third-order valence-electron chi connectivity index (χ3n) is 3.62. The third-order valence-corrected chi connectivity index (χ3v) is 4.14. The van der Waals surface area contributed by atoms with E-state index in [1.165, 1.54) is 0 Å². The molecule has 0 bridgehead atoms. The van der Waals surface area contributed by atoms with Crippen molar-refractivity contribution in [2.75, 3.05) is 14.2 Å². The molecule has 0 saturated carbocycles. The van der Waals surface area contributed by atoms with Crippen LogP contribution in [-0.4, -0.2) is 20.3 Å². The predicted molar refractivity (Wildman–Crippen MR) is 103 cm³/mol. The van der Waals surface area contributed by atoms with Crippen LogP contribution < -0.4 is 20.1 Å². The quantitative estimate of drug-likeness (QED) is 0.744. The molecule has 2 amide bonds. The Kier molecular flexibility index (Phi) is 6.89. The number of benzene rings is 2. The summed E-state index contributed by atoms with van der Waals surface area (Å²) in [5.74, 6) is 1.28. The van der Waals surface area contributed by atoms with Crippen LogP contribution in [0.2, 0.25) is 0 Å².